The molecule has 0 amide bonds. The first-order chi connectivity index (χ1) is 9.88. The van der Waals surface area contributed by atoms with Gasteiger partial charge in [0, 0.05) is 38.6 Å². The van der Waals surface area contributed by atoms with Crippen LogP contribution in [0.15, 0.2) is 21.9 Å². The van der Waals surface area contributed by atoms with Crippen LogP contribution in [0.3, 0.4) is 0 Å². The maximum atomic E-state index is 11.5. The molecule has 0 saturated carbocycles. The van der Waals surface area contributed by atoms with Crippen LogP contribution in [0, 0.1) is 5.92 Å². The van der Waals surface area contributed by atoms with Gasteiger partial charge in [0.15, 0.2) is 0 Å². The Morgan fingerprint density at radius 1 is 1.19 bits per heavy atom. The number of ether oxygens (including phenoxy) is 2. The molecular weight excluding hydrogens is 280 g/mol. The molecule has 0 aliphatic carbocycles. The van der Waals surface area contributed by atoms with E-state index < -0.39 is 23.2 Å². The van der Waals surface area contributed by atoms with Gasteiger partial charge in [0.25, 0.3) is 5.56 Å². The minimum Gasteiger partial charge on any atom is -0.465 e. The summed E-state index contributed by atoms with van der Waals surface area (Å²) in [5.41, 5.74) is -0.978. The zero-order chi connectivity index (χ0) is 15.8. The van der Waals surface area contributed by atoms with Crippen molar-refractivity contribution in [3.8, 4) is 0 Å². The Morgan fingerprint density at radius 2 is 1.76 bits per heavy atom. The second kappa shape index (κ2) is 8.03. The van der Waals surface area contributed by atoms with Gasteiger partial charge in [0.05, 0.1) is 13.2 Å². The van der Waals surface area contributed by atoms with Crippen molar-refractivity contribution in [2.24, 2.45) is 5.92 Å². The molecule has 0 atom stereocenters. The van der Waals surface area contributed by atoms with Crippen LogP contribution in [0.4, 0.5) is 0 Å². The smallest absolute Gasteiger partial charge is 0.328 e. The van der Waals surface area contributed by atoms with E-state index in [0.717, 1.165) is 0 Å². The molecule has 1 N–H and O–H groups in total. The van der Waals surface area contributed by atoms with Crippen LogP contribution in [0.25, 0.3) is 0 Å². The Hall–Kier alpha value is -2.38. The third-order valence-corrected chi connectivity index (χ3v) is 2.72. The van der Waals surface area contributed by atoms with Gasteiger partial charge in [0.1, 0.15) is 0 Å². The number of aromatic amines is 1. The molecule has 1 aromatic heterocycles. The summed E-state index contributed by atoms with van der Waals surface area (Å²) in [6, 6.07) is 1.24. The average Bonchev–Trinajstić information content (AvgIpc) is 2.39. The molecular formula is C13H18N2O6. The van der Waals surface area contributed by atoms with E-state index in [1.807, 2.05) is 0 Å². The molecule has 0 radical (unpaired) electrons. The Kier molecular flexibility index (Phi) is 6.38. The van der Waals surface area contributed by atoms with Gasteiger partial charge >= 0.3 is 17.6 Å². The summed E-state index contributed by atoms with van der Waals surface area (Å²) in [7, 11) is 0. The number of carbonyl (C=O) groups is 2. The fourth-order valence-electron chi connectivity index (χ4n) is 1.63. The molecule has 1 aromatic rings. The van der Waals surface area contributed by atoms with Crippen LogP contribution in [-0.4, -0.2) is 34.7 Å². The largest absolute Gasteiger partial charge is 0.465 e. The Bertz CT molecular complexity index is 585. The highest BCUT2D eigenvalue weighted by Crippen LogP contribution is 2.07. The number of nitrogens with zero attached hydrogens (tertiary/aromatic N) is 1. The first-order valence-corrected chi connectivity index (χ1v) is 6.45. The molecule has 21 heavy (non-hydrogen) atoms. The fourth-order valence-corrected chi connectivity index (χ4v) is 1.63. The van der Waals surface area contributed by atoms with Crippen LogP contribution in [-0.2, 0) is 25.6 Å². The lowest BCUT2D eigenvalue weighted by molar-refractivity contribution is -0.146. The van der Waals surface area contributed by atoms with E-state index in [0.29, 0.717) is 13.0 Å². The quantitative estimate of drug-likeness (QED) is 0.691. The lowest BCUT2D eigenvalue weighted by atomic mass is 10.1. The SMILES string of the molecule is CC(=O)OCC(CCn1ccc(=O)[nH]c1=O)COC(C)=O. The Labute approximate surface area is 120 Å². The average molecular weight is 298 g/mol. The molecule has 0 bridgehead atoms. The normalized spacial score (nSPS) is 10.4. The molecule has 8 heteroatoms. The van der Waals surface area contributed by atoms with Crippen molar-refractivity contribution in [3.63, 3.8) is 0 Å². The van der Waals surface area contributed by atoms with Crippen LogP contribution in [0.5, 0.6) is 0 Å². The summed E-state index contributed by atoms with van der Waals surface area (Å²) in [4.78, 5) is 46.3. The number of rotatable bonds is 7. The maximum absolute atomic E-state index is 11.5. The molecule has 1 heterocycles. The van der Waals surface area contributed by atoms with E-state index in [4.69, 9.17) is 9.47 Å². The minimum absolute atomic E-state index is 0.0979. The number of carbonyl (C=O) groups excluding carboxylic acids is 2. The summed E-state index contributed by atoms with van der Waals surface area (Å²) < 4.78 is 11.1. The molecule has 0 unspecified atom stereocenters. The van der Waals surface area contributed by atoms with Crippen molar-refractivity contribution in [3.05, 3.63) is 33.1 Å². The summed E-state index contributed by atoms with van der Waals surface area (Å²) in [5.74, 6) is -1.08. The summed E-state index contributed by atoms with van der Waals surface area (Å²) >= 11 is 0. The fraction of sp³-hybridized carbons (Fsp3) is 0.538. The predicted octanol–water partition coefficient (Wildman–Crippen LogP) is -0.331. The standard InChI is InChI=1S/C13H18N2O6/c1-9(16)20-7-11(8-21-10(2)17)3-5-15-6-4-12(18)14-13(15)19/h4,6,11H,3,5,7-8H2,1-2H3,(H,14,18,19). The number of aromatic nitrogens is 2. The van der Waals surface area contributed by atoms with Crippen LogP contribution >= 0.6 is 0 Å². The van der Waals surface area contributed by atoms with Gasteiger partial charge in [-0.3, -0.25) is 19.4 Å². The van der Waals surface area contributed by atoms with Crippen molar-refractivity contribution in [2.45, 2.75) is 26.8 Å². The zero-order valence-corrected chi connectivity index (χ0v) is 12.0. The number of hydrogen-bond donors (Lipinski definition) is 1. The second-order valence-corrected chi connectivity index (χ2v) is 4.56. The molecule has 116 valence electrons. The van der Waals surface area contributed by atoms with E-state index in [1.165, 1.54) is 30.7 Å². The molecule has 8 nitrogen and oxygen atoms in total. The van der Waals surface area contributed by atoms with E-state index >= 15 is 0 Å². The number of aryl methyl sites for hydroxylation is 1. The van der Waals surface area contributed by atoms with E-state index in [2.05, 4.69) is 4.98 Å². The van der Waals surface area contributed by atoms with Crippen LogP contribution < -0.4 is 11.2 Å². The van der Waals surface area contributed by atoms with Gasteiger partial charge in [-0.05, 0) is 6.42 Å². The first-order valence-electron chi connectivity index (χ1n) is 6.45. The van der Waals surface area contributed by atoms with E-state index in [-0.39, 0.29) is 19.1 Å². The highest BCUT2D eigenvalue weighted by atomic mass is 16.5. The highest BCUT2D eigenvalue weighted by molar-refractivity contribution is 5.66. The predicted molar refractivity (Wildman–Crippen MR) is 72.7 cm³/mol. The van der Waals surface area contributed by atoms with Crippen molar-refractivity contribution in [2.75, 3.05) is 13.2 Å². The Balaban J connectivity index is 2.62. The molecule has 0 saturated heterocycles. The number of esters is 2. The van der Waals surface area contributed by atoms with Crippen molar-refractivity contribution in [1.82, 2.24) is 9.55 Å². The summed E-state index contributed by atoms with van der Waals surface area (Å²) in [5, 5.41) is 0. The molecule has 0 aromatic carbocycles. The first kappa shape index (κ1) is 16.7. The third kappa shape index (κ3) is 6.55. The minimum atomic E-state index is -0.513. The van der Waals surface area contributed by atoms with Gasteiger partial charge in [-0.1, -0.05) is 0 Å². The van der Waals surface area contributed by atoms with Crippen molar-refractivity contribution < 1.29 is 19.1 Å². The van der Waals surface area contributed by atoms with Gasteiger partial charge in [-0.25, -0.2) is 4.79 Å². The number of H-pyrrole nitrogens is 1. The lowest BCUT2D eigenvalue weighted by Gasteiger charge is -2.16. The van der Waals surface area contributed by atoms with Gasteiger partial charge in [-0.2, -0.15) is 0 Å². The molecule has 0 spiro atoms. The van der Waals surface area contributed by atoms with Gasteiger partial charge < -0.3 is 14.0 Å². The second-order valence-electron chi connectivity index (χ2n) is 4.56. The third-order valence-electron chi connectivity index (χ3n) is 2.72. The monoisotopic (exact) mass is 298 g/mol. The topological polar surface area (TPSA) is 107 Å². The van der Waals surface area contributed by atoms with Gasteiger partial charge in [-0.15, -0.1) is 0 Å². The summed E-state index contributed by atoms with van der Waals surface area (Å²) in [6.45, 7) is 3.08. The molecule has 0 aliphatic rings. The van der Waals surface area contributed by atoms with E-state index in [1.54, 1.807) is 0 Å². The molecule has 0 fully saturated rings. The molecule has 1 rings (SSSR count). The lowest BCUT2D eigenvalue weighted by Crippen LogP contribution is -2.30. The van der Waals surface area contributed by atoms with Crippen molar-refractivity contribution in [1.29, 1.82) is 0 Å². The van der Waals surface area contributed by atoms with Gasteiger partial charge in [0.2, 0.25) is 0 Å². The van der Waals surface area contributed by atoms with Crippen LogP contribution in [0.1, 0.15) is 20.3 Å². The highest BCUT2D eigenvalue weighted by Gasteiger charge is 2.13. The maximum Gasteiger partial charge on any atom is 0.328 e. The number of hydrogen-bond acceptors (Lipinski definition) is 6. The zero-order valence-electron chi connectivity index (χ0n) is 12.0. The number of nitrogens with one attached hydrogen (secondary N) is 1. The molecule has 0 aliphatic heterocycles. The Morgan fingerprint density at radius 3 is 2.24 bits per heavy atom. The summed E-state index contributed by atoms with van der Waals surface area (Å²) in [6.07, 6.45) is 1.84. The van der Waals surface area contributed by atoms with Crippen LogP contribution in [0.2, 0.25) is 0 Å². The van der Waals surface area contributed by atoms with Crippen molar-refractivity contribution >= 4 is 11.9 Å². The van der Waals surface area contributed by atoms with E-state index in [9.17, 15) is 19.2 Å².